The van der Waals surface area contributed by atoms with Gasteiger partial charge in [0.15, 0.2) is 5.96 Å². The SMILES string of the molecule is CCNC(=NCc1cccc(COC2CCOCC2)c1)NCCCOCCOC.I. The summed E-state index contributed by atoms with van der Waals surface area (Å²) < 4.78 is 21.9. The van der Waals surface area contributed by atoms with E-state index in [1.807, 2.05) is 0 Å². The van der Waals surface area contributed by atoms with Gasteiger partial charge in [-0.25, -0.2) is 4.99 Å². The fourth-order valence-electron chi connectivity index (χ4n) is 3.01. The molecular formula is C22H38IN3O4. The molecule has 1 aromatic rings. The molecule has 30 heavy (non-hydrogen) atoms. The van der Waals surface area contributed by atoms with Crippen LogP contribution in [0, 0.1) is 0 Å². The molecule has 2 N–H and O–H groups in total. The van der Waals surface area contributed by atoms with Crippen LogP contribution in [0.25, 0.3) is 0 Å². The van der Waals surface area contributed by atoms with Crippen LogP contribution in [0.2, 0.25) is 0 Å². The van der Waals surface area contributed by atoms with Gasteiger partial charge in [0.2, 0.25) is 0 Å². The standard InChI is InChI=1S/C22H37N3O4.HI/c1-3-23-22(24-10-5-11-27-15-14-26-2)25-17-19-6-4-7-20(16-19)18-29-21-8-12-28-13-9-21;/h4,6-7,16,21H,3,5,8-15,17-18H2,1-2H3,(H2,23,24,25);1H. The number of aliphatic imine (C=N–C) groups is 1. The van der Waals surface area contributed by atoms with Crippen molar-refractivity contribution in [2.75, 3.05) is 53.2 Å². The maximum Gasteiger partial charge on any atom is 0.191 e. The van der Waals surface area contributed by atoms with Crippen molar-refractivity contribution in [2.24, 2.45) is 4.99 Å². The molecule has 0 aliphatic carbocycles. The van der Waals surface area contributed by atoms with Crippen molar-refractivity contribution in [3.05, 3.63) is 35.4 Å². The van der Waals surface area contributed by atoms with E-state index in [2.05, 4.69) is 41.8 Å². The van der Waals surface area contributed by atoms with Gasteiger partial charge in [0.05, 0.1) is 32.5 Å². The highest BCUT2D eigenvalue weighted by atomic mass is 127. The number of nitrogens with one attached hydrogen (secondary N) is 2. The molecule has 0 atom stereocenters. The lowest BCUT2D eigenvalue weighted by atomic mass is 10.1. The predicted octanol–water partition coefficient (Wildman–Crippen LogP) is 3.11. The highest BCUT2D eigenvalue weighted by molar-refractivity contribution is 14.0. The van der Waals surface area contributed by atoms with Crippen molar-refractivity contribution < 1.29 is 18.9 Å². The molecule has 1 aliphatic rings. The number of halogens is 1. The third-order valence-electron chi connectivity index (χ3n) is 4.60. The minimum Gasteiger partial charge on any atom is -0.382 e. The van der Waals surface area contributed by atoms with E-state index >= 15 is 0 Å². The van der Waals surface area contributed by atoms with Crippen molar-refractivity contribution in [2.45, 2.75) is 45.4 Å². The molecule has 1 aliphatic heterocycles. The van der Waals surface area contributed by atoms with E-state index in [0.29, 0.717) is 39.1 Å². The van der Waals surface area contributed by atoms with Crippen molar-refractivity contribution in [1.29, 1.82) is 0 Å². The van der Waals surface area contributed by atoms with Crippen LogP contribution in [-0.2, 0) is 32.1 Å². The largest absolute Gasteiger partial charge is 0.382 e. The Morgan fingerprint density at radius 1 is 1.13 bits per heavy atom. The minimum absolute atomic E-state index is 0. The summed E-state index contributed by atoms with van der Waals surface area (Å²) in [5.74, 6) is 0.827. The van der Waals surface area contributed by atoms with Crippen LogP contribution < -0.4 is 10.6 Å². The molecule has 0 amide bonds. The molecule has 1 saturated heterocycles. The second-order valence-electron chi connectivity index (χ2n) is 7.02. The van der Waals surface area contributed by atoms with Gasteiger partial charge in [-0.15, -0.1) is 24.0 Å². The quantitative estimate of drug-likeness (QED) is 0.175. The number of hydrogen-bond acceptors (Lipinski definition) is 5. The van der Waals surface area contributed by atoms with Crippen LogP contribution in [0.4, 0.5) is 0 Å². The third-order valence-corrected chi connectivity index (χ3v) is 4.60. The number of methoxy groups -OCH3 is 1. The average Bonchev–Trinajstić information content (AvgIpc) is 2.76. The lowest BCUT2D eigenvalue weighted by Crippen LogP contribution is -2.38. The topological polar surface area (TPSA) is 73.3 Å². The highest BCUT2D eigenvalue weighted by Crippen LogP contribution is 2.14. The zero-order valence-corrected chi connectivity index (χ0v) is 20.7. The van der Waals surface area contributed by atoms with Crippen LogP contribution in [0.1, 0.15) is 37.3 Å². The van der Waals surface area contributed by atoms with Crippen molar-refractivity contribution in [3.8, 4) is 0 Å². The smallest absolute Gasteiger partial charge is 0.191 e. The summed E-state index contributed by atoms with van der Waals surface area (Å²) in [5.41, 5.74) is 2.37. The zero-order valence-electron chi connectivity index (χ0n) is 18.4. The first-order chi connectivity index (χ1) is 14.3. The number of benzene rings is 1. The number of ether oxygens (including phenoxy) is 4. The predicted molar refractivity (Wildman–Crippen MR) is 131 cm³/mol. The highest BCUT2D eigenvalue weighted by Gasteiger charge is 2.14. The molecule has 7 nitrogen and oxygen atoms in total. The molecule has 1 heterocycles. The summed E-state index contributed by atoms with van der Waals surface area (Å²) in [4.78, 5) is 4.70. The molecule has 1 fully saturated rings. The van der Waals surface area contributed by atoms with Gasteiger partial charge in [-0.05, 0) is 37.3 Å². The van der Waals surface area contributed by atoms with Crippen LogP contribution in [0.3, 0.4) is 0 Å². The van der Waals surface area contributed by atoms with Crippen molar-refractivity contribution in [1.82, 2.24) is 10.6 Å². The summed E-state index contributed by atoms with van der Waals surface area (Å²) in [6, 6.07) is 8.47. The first-order valence-corrected chi connectivity index (χ1v) is 10.7. The fraction of sp³-hybridized carbons (Fsp3) is 0.682. The van der Waals surface area contributed by atoms with Gasteiger partial charge in [-0.1, -0.05) is 24.3 Å². The van der Waals surface area contributed by atoms with E-state index in [1.165, 1.54) is 11.1 Å². The Bertz CT molecular complexity index is 583. The van der Waals surface area contributed by atoms with E-state index in [0.717, 1.165) is 51.5 Å². The van der Waals surface area contributed by atoms with Crippen LogP contribution in [-0.4, -0.2) is 65.3 Å². The number of hydrogen-bond donors (Lipinski definition) is 2. The van der Waals surface area contributed by atoms with Crippen molar-refractivity contribution in [3.63, 3.8) is 0 Å². The third kappa shape index (κ3) is 12.0. The summed E-state index contributed by atoms with van der Waals surface area (Å²) in [7, 11) is 1.68. The Hall–Kier alpha value is -0.940. The van der Waals surface area contributed by atoms with E-state index in [9.17, 15) is 0 Å². The van der Waals surface area contributed by atoms with E-state index in [4.69, 9.17) is 23.9 Å². The molecule has 0 spiro atoms. The minimum atomic E-state index is 0. The molecule has 0 radical (unpaired) electrons. The lowest BCUT2D eigenvalue weighted by Gasteiger charge is -2.22. The molecule has 8 heteroatoms. The molecule has 172 valence electrons. The van der Waals surface area contributed by atoms with Gasteiger partial charge in [-0.2, -0.15) is 0 Å². The van der Waals surface area contributed by atoms with Gasteiger partial charge >= 0.3 is 0 Å². The van der Waals surface area contributed by atoms with Gasteiger partial charge in [0.25, 0.3) is 0 Å². The van der Waals surface area contributed by atoms with Crippen molar-refractivity contribution >= 4 is 29.9 Å². The van der Waals surface area contributed by atoms with E-state index in [1.54, 1.807) is 7.11 Å². The molecule has 1 aromatic carbocycles. The fourth-order valence-corrected chi connectivity index (χ4v) is 3.01. The molecule has 0 unspecified atom stereocenters. The van der Waals surface area contributed by atoms with E-state index in [-0.39, 0.29) is 24.0 Å². The Morgan fingerprint density at radius 3 is 2.70 bits per heavy atom. The number of guanidine groups is 1. The maximum absolute atomic E-state index is 6.03. The van der Waals surface area contributed by atoms with Gasteiger partial charge < -0.3 is 29.6 Å². The van der Waals surface area contributed by atoms with Crippen LogP contribution >= 0.6 is 24.0 Å². The Morgan fingerprint density at radius 2 is 1.93 bits per heavy atom. The lowest BCUT2D eigenvalue weighted by molar-refractivity contribution is -0.0390. The Balaban J connectivity index is 0.00000450. The zero-order chi connectivity index (χ0) is 20.6. The number of rotatable bonds is 13. The summed E-state index contributed by atoms with van der Waals surface area (Å²) in [5, 5.41) is 6.64. The second-order valence-corrected chi connectivity index (χ2v) is 7.02. The van der Waals surface area contributed by atoms with Gasteiger partial charge in [-0.3, -0.25) is 0 Å². The average molecular weight is 535 g/mol. The Kier molecular flexibility index (Phi) is 16.0. The maximum atomic E-state index is 6.03. The van der Waals surface area contributed by atoms with Gasteiger partial charge in [0, 0.05) is 40.0 Å². The molecule has 0 aromatic heterocycles. The molecule has 2 rings (SSSR count). The first-order valence-electron chi connectivity index (χ1n) is 10.7. The van der Waals surface area contributed by atoms with E-state index < -0.39 is 0 Å². The molecule has 0 bridgehead atoms. The monoisotopic (exact) mass is 535 g/mol. The molecule has 0 saturated carbocycles. The Labute approximate surface area is 198 Å². The normalized spacial score (nSPS) is 14.9. The summed E-state index contributed by atoms with van der Waals surface area (Å²) in [6.45, 7) is 8.58. The molecular weight excluding hydrogens is 497 g/mol. The van der Waals surface area contributed by atoms with Crippen LogP contribution in [0.5, 0.6) is 0 Å². The van der Waals surface area contributed by atoms with Crippen LogP contribution in [0.15, 0.2) is 29.3 Å². The number of nitrogens with zero attached hydrogens (tertiary/aromatic N) is 1. The first kappa shape index (κ1) is 27.1. The summed E-state index contributed by atoms with van der Waals surface area (Å²) >= 11 is 0. The van der Waals surface area contributed by atoms with Gasteiger partial charge in [0.1, 0.15) is 0 Å². The second kappa shape index (κ2) is 17.7. The summed E-state index contributed by atoms with van der Waals surface area (Å²) in [6.07, 6.45) is 3.21.